The van der Waals surface area contributed by atoms with Crippen LogP contribution in [-0.2, 0) is 6.54 Å². The molecule has 3 aromatic heterocycles. The Hall–Kier alpha value is -3.61. The Labute approximate surface area is 186 Å². The highest BCUT2D eigenvalue weighted by molar-refractivity contribution is 5.98. The Balaban J connectivity index is 1.44. The number of carbonyl (C=O) groups is 1. The second-order valence-corrected chi connectivity index (χ2v) is 8.30. The zero-order valence-electron chi connectivity index (χ0n) is 18.2. The van der Waals surface area contributed by atoms with Gasteiger partial charge in [0.25, 0.3) is 11.5 Å². The van der Waals surface area contributed by atoms with Gasteiger partial charge in [-0.2, -0.15) is 0 Å². The van der Waals surface area contributed by atoms with Crippen LogP contribution in [0.5, 0.6) is 0 Å². The van der Waals surface area contributed by atoms with Crippen LogP contribution in [0.15, 0.2) is 65.6 Å². The van der Waals surface area contributed by atoms with E-state index in [9.17, 15) is 9.59 Å². The van der Waals surface area contributed by atoms with Crippen molar-refractivity contribution in [2.75, 3.05) is 18.0 Å². The second kappa shape index (κ2) is 8.49. The van der Waals surface area contributed by atoms with Crippen molar-refractivity contribution >= 4 is 28.3 Å². The molecule has 1 aliphatic rings. The van der Waals surface area contributed by atoms with Gasteiger partial charge >= 0.3 is 0 Å². The summed E-state index contributed by atoms with van der Waals surface area (Å²) in [5.41, 5.74) is 2.68. The zero-order valence-corrected chi connectivity index (χ0v) is 18.2. The van der Waals surface area contributed by atoms with Crippen LogP contribution in [0.2, 0.25) is 0 Å². The van der Waals surface area contributed by atoms with Crippen molar-refractivity contribution in [2.45, 2.75) is 38.8 Å². The summed E-state index contributed by atoms with van der Waals surface area (Å²) in [5.74, 6) is -0.162. The number of pyridine rings is 1. The largest absolute Gasteiger partial charge is 0.367 e. The molecule has 1 fully saturated rings. The van der Waals surface area contributed by atoms with Gasteiger partial charge in [0.2, 0.25) is 0 Å². The molecule has 7 nitrogen and oxygen atoms in total. The van der Waals surface area contributed by atoms with E-state index >= 15 is 0 Å². The molecule has 1 amide bonds. The lowest BCUT2D eigenvalue weighted by molar-refractivity contribution is 0.0942. The summed E-state index contributed by atoms with van der Waals surface area (Å²) in [6.45, 7) is 4.24. The number of hydrogen-bond donors (Lipinski definition) is 1. The van der Waals surface area contributed by atoms with Crippen molar-refractivity contribution in [1.82, 2.24) is 19.3 Å². The maximum absolute atomic E-state index is 13.2. The van der Waals surface area contributed by atoms with Gasteiger partial charge in [0.05, 0.1) is 5.39 Å². The van der Waals surface area contributed by atoms with Crippen LogP contribution in [0, 0.1) is 0 Å². The molecule has 4 aromatic rings. The third-order valence-electron chi connectivity index (χ3n) is 6.22. The molecular formula is C25H27N5O2. The molecule has 1 aromatic carbocycles. The average Bonchev–Trinajstić information content (AvgIpc) is 3.44. The van der Waals surface area contributed by atoms with Crippen LogP contribution in [0.1, 0.15) is 36.7 Å². The van der Waals surface area contributed by atoms with Crippen molar-refractivity contribution < 1.29 is 4.79 Å². The Morgan fingerprint density at radius 2 is 1.97 bits per heavy atom. The van der Waals surface area contributed by atoms with E-state index in [1.165, 1.54) is 10.1 Å². The third-order valence-corrected chi connectivity index (χ3v) is 6.22. The molecular weight excluding hydrogens is 402 g/mol. The van der Waals surface area contributed by atoms with Gasteiger partial charge in [-0.25, -0.2) is 4.98 Å². The van der Waals surface area contributed by atoms with Crippen molar-refractivity contribution in [3.05, 3.63) is 76.8 Å². The lowest BCUT2D eigenvalue weighted by atomic mass is 10.2. The summed E-state index contributed by atoms with van der Waals surface area (Å²) in [7, 11) is 0. The van der Waals surface area contributed by atoms with E-state index in [2.05, 4.69) is 34.3 Å². The first kappa shape index (κ1) is 20.3. The van der Waals surface area contributed by atoms with Crippen LogP contribution >= 0.6 is 0 Å². The summed E-state index contributed by atoms with van der Waals surface area (Å²) < 4.78 is 3.40. The molecule has 0 bridgehead atoms. The highest BCUT2D eigenvalue weighted by Gasteiger charge is 2.26. The van der Waals surface area contributed by atoms with Crippen molar-refractivity contribution in [2.24, 2.45) is 0 Å². The number of para-hydroxylation sites is 1. The van der Waals surface area contributed by atoms with E-state index in [1.54, 1.807) is 18.3 Å². The Bertz CT molecular complexity index is 1320. The number of anilines is 1. The van der Waals surface area contributed by atoms with E-state index in [1.807, 2.05) is 34.9 Å². The predicted molar refractivity (Wildman–Crippen MR) is 126 cm³/mol. The van der Waals surface area contributed by atoms with Gasteiger partial charge in [0, 0.05) is 37.6 Å². The monoisotopic (exact) mass is 429 g/mol. The van der Waals surface area contributed by atoms with Crippen LogP contribution in [0.25, 0.3) is 16.7 Å². The number of rotatable bonds is 6. The quantitative estimate of drug-likeness (QED) is 0.510. The number of fused-ring (bicyclic) bond motifs is 2. The van der Waals surface area contributed by atoms with Crippen LogP contribution in [0.4, 0.5) is 5.69 Å². The number of hydrogen-bond acceptors (Lipinski definition) is 4. The molecule has 1 saturated heterocycles. The van der Waals surface area contributed by atoms with E-state index in [0.717, 1.165) is 25.8 Å². The molecule has 0 aliphatic carbocycles. The maximum atomic E-state index is 13.2. The second-order valence-electron chi connectivity index (χ2n) is 8.30. The highest BCUT2D eigenvalue weighted by Crippen LogP contribution is 2.25. The predicted octanol–water partition coefficient (Wildman–Crippen LogP) is 3.46. The molecule has 0 saturated carbocycles. The van der Waals surface area contributed by atoms with Gasteiger partial charge in [-0.05, 0) is 49.6 Å². The van der Waals surface area contributed by atoms with E-state index in [4.69, 9.17) is 0 Å². The molecule has 1 unspecified atom stereocenters. The highest BCUT2D eigenvalue weighted by atomic mass is 16.2. The molecule has 1 N–H and O–H groups in total. The number of aromatic nitrogens is 3. The molecule has 4 heterocycles. The molecule has 1 aliphatic heterocycles. The normalized spacial score (nSPS) is 16.2. The van der Waals surface area contributed by atoms with Crippen molar-refractivity contribution in [1.29, 1.82) is 0 Å². The fourth-order valence-corrected chi connectivity index (χ4v) is 4.70. The number of carbonyl (C=O) groups excluding carboxylic acids is 1. The topological polar surface area (TPSA) is 71.6 Å². The summed E-state index contributed by atoms with van der Waals surface area (Å²) in [6.07, 6.45) is 4.70. The smallest absolute Gasteiger partial charge is 0.268 e. The molecule has 5 rings (SSSR count). The SMILES string of the molecule is CCCn1c(C(=O)NCC2CCCN2c2ccccc2)cc2c(=O)n3ccccc3nc21. The van der Waals surface area contributed by atoms with Gasteiger partial charge in [0.1, 0.15) is 17.0 Å². The van der Waals surface area contributed by atoms with Crippen molar-refractivity contribution in [3.8, 4) is 0 Å². The van der Waals surface area contributed by atoms with Gasteiger partial charge in [0.15, 0.2) is 0 Å². The molecule has 0 radical (unpaired) electrons. The fraction of sp³-hybridized carbons (Fsp3) is 0.320. The summed E-state index contributed by atoms with van der Waals surface area (Å²) >= 11 is 0. The lowest BCUT2D eigenvalue weighted by Gasteiger charge is -2.27. The first-order valence-corrected chi connectivity index (χ1v) is 11.3. The minimum Gasteiger partial charge on any atom is -0.367 e. The first-order valence-electron chi connectivity index (χ1n) is 11.3. The zero-order chi connectivity index (χ0) is 22.1. The molecule has 0 spiro atoms. The Morgan fingerprint density at radius 1 is 1.16 bits per heavy atom. The summed E-state index contributed by atoms with van der Waals surface area (Å²) in [5, 5.41) is 3.59. The lowest BCUT2D eigenvalue weighted by Crippen LogP contribution is -2.40. The van der Waals surface area contributed by atoms with Gasteiger partial charge < -0.3 is 14.8 Å². The van der Waals surface area contributed by atoms with Crippen LogP contribution < -0.4 is 15.8 Å². The van der Waals surface area contributed by atoms with E-state index in [-0.39, 0.29) is 17.5 Å². The fourth-order valence-electron chi connectivity index (χ4n) is 4.70. The third kappa shape index (κ3) is 3.53. The van der Waals surface area contributed by atoms with Gasteiger partial charge in [-0.15, -0.1) is 0 Å². The molecule has 164 valence electrons. The Kier molecular flexibility index (Phi) is 5.39. The van der Waals surface area contributed by atoms with Crippen LogP contribution in [-0.4, -0.2) is 39.0 Å². The Morgan fingerprint density at radius 3 is 2.78 bits per heavy atom. The minimum absolute atomic E-state index is 0.152. The average molecular weight is 430 g/mol. The van der Waals surface area contributed by atoms with Crippen molar-refractivity contribution in [3.63, 3.8) is 0 Å². The number of benzene rings is 1. The number of amides is 1. The van der Waals surface area contributed by atoms with Gasteiger partial charge in [-0.1, -0.05) is 31.2 Å². The number of nitrogens with one attached hydrogen (secondary N) is 1. The first-order chi connectivity index (χ1) is 15.7. The minimum atomic E-state index is -0.162. The summed E-state index contributed by atoms with van der Waals surface area (Å²) in [4.78, 5) is 33.3. The molecule has 1 atom stereocenters. The molecule has 32 heavy (non-hydrogen) atoms. The molecule has 7 heteroatoms. The maximum Gasteiger partial charge on any atom is 0.268 e. The van der Waals surface area contributed by atoms with Gasteiger partial charge in [-0.3, -0.25) is 14.0 Å². The summed E-state index contributed by atoms with van der Waals surface area (Å²) in [6, 6.07) is 17.8. The standard InChI is InChI=1S/C25H27N5O2/c1-2-13-29-21(16-20-23(29)27-22-12-6-7-14-30(22)25(20)32)24(31)26-17-19-11-8-15-28(19)18-9-4-3-5-10-18/h3-7,9-10,12,14,16,19H,2,8,11,13,15,17H2,1H3,(H,26,31). The van der Waals surface area contributed by atoms with E-state index < -0.39 is 0 Å². The number of aryl methyl sites for hydroxylation is 1. The van der Waals surface area contributed by atoms with E-state index in [0.29, 0.717) is 35.5 Å². The van der Waals surface area contributed by atoms with Crippen LogP contribution in [0.3, 0.4) is 0 Å². The number of nitrogens with zero attached hydrogens (tertiary/aromatic N) is 4.